The molecule has 0 spiro atoms. The van der Waals surface area contributed by atoms with E-state index < -0.39 is 5.91 Å². The average Bonchev–Trinajstić information content (AvgIpc) is 2.48. The van der Waals surface area contributed by atoms with Crippen LogP contribution in [0.15, 0.2) is 30.6 Å². The Morgan fingerprint density at radius 2 is 2.00 bits per heavy atom. The molecule has 0 aliphatic rings. The van der Waals surface area contributed by atoms with Gasteiger partial charge in [0.05, 0.1) is 32.3 Å². The first kappa shape index (κ1) is 13.6. The third-order valence-corrected chi connectivity index (χ3v) is 2.56. The lowest BCUT2D eigenvalue weighted by atomic mass is 10.2. The van der Waals surface area contributed by atoms with Crippen molar-refractivity contribution in [1.29, 1.82) is 0 Å². The molecule has 0 radical (unpaired) electrons. The van der Waals surface area contributed by atoms with Crippen LogP contribution in [-0.2, 0) is 0 Å². The van der Waals surface area contributed by atoms with Gasteiger partial charge in [-0.25, -0.2) is 9.97 Å². The Morgan fingerprint density at radius 3 is 2.60 bits per heavy atom. The molecule has 1 amide bonds. The largest absolute Gasteiger partial charge is 0.497 e. The second-order valence-electron chi connectivity index (χ2n) is 3.85. The van der Waals surface area contributed by atoms with Crippen LogP contribution in [0.2, 0.25) is 0 Å². The number of benzene rings is 1. The Hall–Kier alpha value is -2.83. The van der Waals surface area contributed by atoms with E-state index in [1.165, 1.54) is 19.5 Å². The Kier molecular flexibility index (Phi) is 3.99. The molecular formula is C13H14N4O3. The number of aromatic nitrogens is 2. The molecule has 1 aromatic carbocycles. The van der Waals surface area contributed by atoms with Crippen LogP contribution in [0.25, 0.3) is 0 Å². The third kappa shape index (κ3) is 2.94. The summed E-state index contributed by atoms with van der Waals surface area (Å²) in [6.45, 7) is 0. The van der Waals surface area contributed by atoms with Gasteiger partial charge in [-0.1, -0.05) is 0 Å². The number of ether oxygens (including phenoxy) is 2. The molecule has 0 unspecified atom stereocenters. The number of nitrogen functional groups attached to an aromatic ring is 1. The van der Waals surface area contributed by atoms with Gasteiger partial charge in [0.15, 0.2) is 0 Å². The van der Waals surface area contributed by atoms with Gasteiger partial charge >= 0.3 is 0 Å². The lowest BCUT2D eigenvalue weighted by Gasteiger charge is -2.11. The van der Waals surface area contributed by atoms with E-state index in [0.29, 0.717) is 17.2 Å². The lowest BCUT2D eigenvalue weighted by Crippen LogP contribution is -2.15. The van der Waals surface area contributed by atoms with Crippen molar-refractivity contribution in [3.8, 4) is 11.5 Å². The van der Waals surface area contributed by atoms with Crippen molar-refractivity contribution in [2.24, 2.45) is 0 Å². The van der Waals surface area contributed by atoms with E-state index in [1.807, 2.05) is 0 Å². The summed E-state index contributed by atoms with van der Waals surface area (Å²) in [7, 11) is 3.06. The van der Waals surface area contributed by atoms with Gasteiger partial charge in [0.1, 0.15) is 23.0 Å². The van der Waals surface area contributed by atoms with Crippen LogP contribution in [0.3, 0.4) is 0 Å². The Bertz CT molecular complexity index is 614. The SMILES string of the molecule is COc1ccc(NC(=O)c2cnc(N)cn2)c(OC)c1. The number of anilines is 2. The molecule has 2 rings (SSSR count). The molecule has 0 bridgehead atoms. The number of hydrogen-bond acceptors (Lipinski definition) is 6. The molecule has 20 heavy (non-hydrogen) atoms. The Morgan fingerprint density at radius 1 is 1.20 bits per heavy atom. The number of carbonyl (C=O) groups is 1. The molecule has 0 fully saturated rings. The number of nitrogens with two attached hydrogens (primary N) is 1. The molecule has 7 heteroatoms. The maximum Gasteiger partial charge on any atom is 0.275 e. The van der Waals surface area contributed by atoms with E-state index in [-0.39, 0.29) is 11.5 Å². The minimum absolute atomic E-state index is 0.164. The van der Waals surface area contributed by atoms with E-state index >= 15 is 0 Å². The molecule has 0 atom stereocenters. The van der Waals surface area contributed by atoms with Gasteiger partial charge in [0, 0.05) is 6.07 Å². The zero-order valence-corrected chi connectivity index (χ0v) is 11.1. The summed E-state index contributed by atoms with van der Waals surface area (Å²) >= 11 is 0. The van der Waals surface area contributed by atoms with Gasteiger partial charge in [0.2, 0.25) is 0 Å². The van der Waals surface area contributed by atoms with Crippen LogP contribution < -0.4 is 20.5 Å². The van der Waals surface area contributed by atoms with Crippen LogP contribution in [0.5, 0.6) is 11.5 Å². The molecule has 0 saturated heterocycles. The lowest BCUT2D eigenvalue weighted by molar-refractivity contribution is 0.102. The van der Waals surface area contributed by atoms with Gasteiger partial charge < -0.3 is 20.5 Å². The van der Waals surface area contributed by atoms with Gasteiger partial charge in [-0.05, 0) is 12.1 Å². The highest BCUT2D eigenvalue weighted by molar-refractivity contribution is 6.03. The second kappa shape index (κ2) is 5.87. The van der Waals surface area contributed by atoms with Crippen LogP contribution in [0, 0.1) is 0 Å². The molecule has 3 N–H and O–H groups in total. The maximum absolute atomic E-state index is 12.0. The fourth-order valence-corrected chi connectivity index (χ4v) is 1.54. The first-order valence-corrected chi connectivity index (χ1v) is 5.75. The van der Waals surface area contributed by atoms with Crippen molar-refractivity contribution in [1.82, 2.24) is 9.97 Å². The molecular weight excluding hydrogens is 260 g/mol. The van der Waals surface area contributed by atoms with E-state index in [1.54, 1.807) is 25.3 Å². The molecule has 7 nitrogen and oxygen atoms in total. The van der Waals surface area contributed by atoms with Crippen molar-refractivity contribution in [3.63, 3.8) is 0 Å². The Balaban J connectivity index is 2.21. The summed E-state index contributed by atoms with van der Waals surface area (Å²) in [5.74, 6) is 0.970. The summed E-state index contributed by atoms with van der Waals surface area (Å²) in [4.78, 5) is 19.7. The van der Waals surface area contributed by atoms with Crippen LogP contribution in [-0.4, -0.2) is 30.1 Å². The number of carbonyl (C=O) groups excluding carboxylic acids is 1. The zero-order valence-electron chi connectivity index (χ0n) is 11.1. The van der Waals surface area contributed by atoms with Crippen LogP contribution >= 0.6 is 0 Å². The van der Waals surface area contributed by atoms with Crippen molar-refractivity contribution < 1.29 is 14.3 Å². The highest BCUT2D eigenvalue weighted by Crippen LogP contribution is 2.29. The number of nitrogens with zero attached hydrogens (tertiary/aromatic N) is 2. The summed E-state index contributed by atoms with van der Waals surface area (Å²) in [5, 5.41) is 2.69. The molecule has 2 aromatic rings. The first-order valence-electron chi connectivity index (χ1n) is 5.75. The molecule has 0 aliphatic carbocycles. The smallest absolute Gasteiger partial charge is 0.275 e. The number of amides is 1. The van der Waals surface area contributed by atoms with E-state index in [4.69, 9.17) is 15.2 Å². The summed E-state index contributed by atoms with van der Waals surface area (Å²) in [6, 6.07) is 5.07. The fraction of sp³-hybridized carbons (Fsp3) is 0.154. The van der Waals surface area contributed by atoms with Crippen molar-refractivity contribution in [3.05, 3.63) is 36.3 Å². The van der Waals surface area contributed by atoms with Gasteiger partial charge in [-0.3, -0.25) is 4.79 Å². The molecule has 1 aromatic heterocycles. The monoisotopic (exact) mass is 274 g/mol. The summed E-state index contributed by atoms with van der Waals surface area (Å²) in [6.07, 6.45) is 2.63. The maximum atomic E-state index is 12.0. The predicted octanol–water partition coefficient (Wildman–Crippen LogP) is 1.33. The Labute approximate surface area is 115 Å². The average molecular weight is 274 g/mol. The minimum Gasteiger partial charge on any atom is -0.497 e. The van der Waals surface area contributed by atoms with E-state index in [0.717, 1.165) is 0 Å². The van der Waals surface area contributed by atoms with Gasteiger partial charge in [0.25, 0.3) is 5.91 Å². The summed E-state index contributed by atoms with van der Waals surface area (Å²) < 4.78 is 10.3. The summed E-state index contributed by atoms with van der Waals surface area (Å²) in [5.41, 5.74) is 6.09. The molecule has 0 saturated carbocycles. The van der Waals surface area contributed by atoms with E-state index in [2.05, 4.69) is 15.3 Å². The first-order chi connectivity index (χ1) is 9.63. The zero-order chi connectivity index (χ0) is 14.5. The van der Waals surface area contributed by atoms with Crippen molar-refractivity contribution in [2.75, 3.05) is 25.3 Å². The van der Waals surface area contributed by atoms with Crippen molar-refractivity contribution in [2.45, 2.75) is 0 Å². The number of hydrogen-bond donors (Lipinski definition) is 2. The highest BCUT2D eigenvalue weighted by Gasteiger charge is 2.12. The molecule has 1 heterocycles. The van der Waals surface area contributed by atoms with Crippen molar-refractivity contribution >= 4 is 17.4 Å². The number of nitrogens with one attached hydrogen (secondary N) is 1. The topological polar surface area (TPSA) is 99.4 Å². The molecule has 0 aliphatic heterocycles. The van der Waals surface area contributed by atoms with E-state index in [9.17, 15) is 4.79 Å². The number of methoxy groups -OCH3 is 2. The fourth-order valence-electron chi connectivity index (χ4n) is 1.54. The minimum atomic E-state index is -0.402. The quantitative estimate of drug-likeness (QED) is 0.872. The third-order valence-electron chi connectivity index (χ3n) is 2.56. The second-order valence-corrected chi connectivity index (χ2v) is 3.85. The molecule has 104 valence electrons. The van der Waals surface area contributed by atoms with Crippen LogP contribution in [0.1, 0.15) is 10.5 Å². The normalized spacial score (nSPS) is 9.90. The predicted molar refractivity (Wildman–Crippen MR) is 73.9 cm³/mol. The standard InChI is InChI=1S/C13H14N4O3/c1-19-8-3-4-9(11(5-8)20-2)17-13(18)10-6-16-12(14)7-15-10/h3-7H,1-2H3,(H2,14,16)(H,17,18). The van der Waals surface area contributed by atoms with Gasteiger partial charge in [-0.15, -0.1) is 0 Å². The number of rotatable bonds is 4. The van der Waals surface area contributed by atoms with Gasteiger partial charge in [-0.2, -0.15) is 0 Å². The highest BCUT2D eigenvalue weighted by atomic mass is 16.5. The van der Waals surface area contributed by atoms with Crippen LogP contribution in [0.4, 0.5) is 11.5 Å².